The first-order chi connectivity index (χ1) is 8.78. The molecule has 1 fully saturated rings. The van der Waals surface area contributed by atoms with Crippen molar-refractivity contribution in [3.8, 4) is 5.75 Å². The van der Waals surface area contributed by atoms with E-state index in [-0.39, 0.29) is 0 Å². The maximum Gasteiger partial charge on any atom is 0.120 e. The maximum absolute atomic E-state index is 5.21. The van der Waals surface area contributed by atoms with Crippen LogP contribution in [0.4, 0.5) is 5.69 Å². The molecule has 1 aromatic carbocycles. The quantitative estimate of drug-likeness (QED) is 0.852. The van der Waals surface area contributed by atoms with Crippen molar-refractivity contribution >= 4 is 5.69 Å². The summed E-state index contributed by atoms with van der Waals surface area (Å²) in [5.74, 6) is 0.902. The van der Waals surface area contributed by atoms with E-state index in [1.165, 1.54) is 26.2 Å². The van der Waals surface area contributed by atoms with Crippen LogP contribution in [0.2, 0.25) is 0 Å². The van der Waals surface area contributed by atoms with Gasteiger partial charge in [-0.2, -0.15) is 0 Å². The zero-order valence-electron chi connectivity index (χ0n) is 11.4. The monoisotopic (exact) mass is 249 g/mol. The summed E-state index contributed by atoms with van der Waals surface area (Å²) in [6.45, 7) is 6.80. The molecule has 0 unspecified atom stereocenters. The molecule has 4 heteroatoms. The Morgan fingerprint density at radius 2 is 2.00 bits per heavy atom. The first-order valence-corrected chi connectivity index (χ1v) is 6.57. The van der Waals surface area contributed by atoms with Crippen molar-refractivity contribution in [1.82, 2.24) is 9.80 Å². The van der Waals surface area contributed by atoms with Crippen molar-refractivity contribution in [3.63, 3.8) is 0 Å². The number of hydrogen-bond acceptors (Lipinski definition) is 4. The van der Waals surface area contributed by atoms with Crippen LogP contribution in [0.3, 0.4) is 0 Å². The molecule has 1 N–H and O–H groups in total. The first kappa shape index (κ1) is 13.2. The lowest BCUT2D eigenvalue weighted by Crippen LogP contribution is -2.45. The molecule has 1 aromatic rings. The predicted molar refractivity (Wildman–Crippen MR) is 75.4 cm³/mol. The number of nitrogens with zero attached hydrogens (tertiary/aromatic N) is 2. The number of methoxy groups -OCH3 is 1. The topological polar surface area (TPSA) is 27.7 Å². The lowest BCUT2D eigenvalue weighted by Gasteiger charge is -2.32. The molecule has 0 spiro atoms. The summed E-state index contributed by atoms with van der Waals surface area (Å²) < 4.78 is 5.21. The Bertz CT molecular complexity index is 362. The van der Waals surface area contributed by atoms with Gasteiger partial charge in [-0.25, -0.2) is 0 Å². The summed E-state index contributed by atoms with van der Waals surface area (Å²) in [5.41, 5.74) is 1.13. The fraction of sp³-hybridized carbons (Fsp3) is 0.571. The van der Waals surface area contributed by atoms with E-state index in [2.05, 4.69) is 28.2 Å². The van der Waals surface area contributed by atoms with Crippen molar-refractivity contribution in [1.29, 1.82) is 0 Å². The SMILES string of the molecule is COc1cccc(NCCN2CCN(C)CC2)c1. The van der Waals surface area contributed by atoms with E-state index in [4.69, 9.17) is 4.74 Å². The molecular weight excluding hydrogens is 226 g/mol. The van der Waals surface area contributed by atoms with Gasteiger partial charge in [0.1, 0.15) is 5.75 Å². The minimum atomic E-state index is 0.902. The molecule has 1 heterocycles. The van der Waals surface area contributed by atoms with Gasteiger partial charge in [-0.3, -0.25) is 4.90 Å². The fourth-order valence-electron chi connectivity index (χ4n) is 2.16. The summed E-state index contributed by atoms with van der Waals surface area (Å²) in [6, 6.07) is 8.08. The highest BCUT2D eigenvalue weighted by molar-refractivity contribution is 5.48. The highest BCUT2D eigenvalue weighted by Crippen LogP contribution is 2.16. The summed E-state index contributed by atoms with van der Waals surface area (Å²) >= 11 is 0. The molecule has 0 radical (unpaired) electrons. The normalized spacial score (nSPS) is 17.7. The van der Waals surface area contributed by atoms with Gasteiger partial charge in [0.25, 0.3) is 0 Å². The molecule has 1 saturated heterocycles. The van der Waals surface area contributed by atoms with Crippen molar-refractivity contribution < 1.29 is 4.74 Å². The third-order valence-corrected chi connectivity index (χ3v) is 3.42. The molecule has 100 valence electrons. The number of hydrogen-bond donors (Lipinski definition) is 1. The third kappa shape index (κ3) is 3.89. The first-order valence-electron chi connectivity index (χ1n) is 6.57. The van der Waals surface area contributed by atoms with Crippen LogP contribution in [0.25, 0.3) is 0 Å². The van der Waals surface area contributed by atoms with Gasteiger partial charge in [-0.15, -0.1) is 0 Å². The molecule has 0 aliphatic carbocycles. The van der Waals surface area contributed by atoms with E-state index in [9.17, 15) is 0 Å². The standard InChI is InChI=1S/C14H23N3O/c1-16-8-10-17(11-9-16)7-6-15-13-4-3-5-14(12-13)18-2/h3-5,12,15H,6-11H2,1-2H3. The van der Waals surface area contributed by atoms with Crippen LogP contribution in [0.15, 0.2) is 24.3 Å². The van der Waals surface area contributed by atoms with Gasteiger partial charge in [0, 0.05) is 51.0 Å². The lowest BCUT2D eigenvalue weighted by molar-refractivity contribution is 0.158. The average molecular weight is 249 g/mol. The van der Waals surface area contributed by atoms with Crippen LogP contribution in [-0.2, 0) is 0 Å². The Morgan fingerprint density at radius 1 is 1.22 bits per heavy atom. The van der Waals surface area contributed by atoms with Gasteiger partial charge in [-0.1, -0.05) is 6.07 Å². The van der Waals surface area contributed by atoms with Gasteiger partial charge >= 0.3 is 0 Å². The van der Waals surface area contributed by atoms with Crippen molar-refractivity contribution in [2.75, 3.05) is 58.7 Å². The number of benzene rings is 1. The Hall–Kier alpha value is -1.26. The van der Waals surface area contributed by atoms with Crippen LogP contribution in [0.1, 0.15) is 0 Å². The highest BCUT2D eigenvalue weighted by atomic mass is 16.5. The highest BCUT2D eigenvalue weighted by Gasteiger charge is 2.12. The van der Waals surface area contributed by atoms with Crippen LogP contribution in [-0.4, -0.2) is 63.2 Å². The Morgan fingerprint density at radius 3 is 2.72 bits per heavy atom. The van der Waals surface area contributed by atoms with Crippen molar-refractivity contribution in [3.05, 3.63) is 24.3 Å². The Balaban J connectivity index is 1.71. The number of ether oxygens (including phenoxy) is 1. The second-order valence-corrected chi connectivity index (χ2v) is 4.80. The molecule has 0 aromatic heterocycles. The minimum Gasteiger partial charge on any atom is -0.497 e. The second-order valence-electron chi connectivity index (χ2n) is 4.80. The molecule has 0 atom stereocenters. The zero-order chi connectivity index (χ0) is 12.8. The third-order valence-electron chi connectivity index (χ3n) is 3.42. The van der Waals surface area contributed by atoms with Gasteiger partial charge in [0.2, 0.25) is 0 Å². The molecule has 4 nitrogen and oxygen atoms in total. The van der Waals surface area contributed by atoms with Crippen LogP contribution < -0.4 is 10.1 Å². The molecule has 2 rings (SSSR count). The average Bonchev–Trinajstić information content (AvgIpc) is 2.41. The smallest absolute Gasteiger partial charge is 0.120 e. The Labute approximate surface area is 110 Å². The van der Waals surface area contributed by atoms with E-state index in [0.717, 1.165) is 24.5 Å². The fourth-order valence-corrected chi connectivity index (χ4v) is 2.16. The van der Waals surface area contributed by atoms with E-state index >= 15 is 0 Å². The van der Waals surface area contributed by atoms with E-state index in [1.54, 1.807) is 7.11 Å². The number of piperazine rings is 1. The molecule has 0 bridgehead atoms. The van der Waals surface area contributed by atoms with Gasteiger partial charge < -0.3 is 15.0 Å². The van der Waals surface area contributed by atoms with Crippen LogP contribution >= 0.6 is 0 Å². The lowest BCUT2D eigenvalue weighted by atomic mass is 10.3. The molecule has 1 aliphatic rings. The Kier molecular flexibility index (Phi) is 4.84. The molecule has 0 saturated carbocycles. The van der Waals surface area contributed by atoms with E-state index in [1.807, 2.05) is 18.2 Å². The molecule has 0 amide bonds. The van der Waals surface area contributed by atoms with Gasteiger partial charge in [0.05, 0.1) is 7.11 Å². The number of nitrogens with one attached hydrogen (secondary N) is 1. The summed E-state index contributed by atoms with van der Waals surface area (Å²) in [6.07, 6.45) is 0. The minimum absolute atomic E-state index is 0.902. The molecule has 18 heavy (non-hydrogen) atoms. The van der Waals surface area contributed by atoms with E-state index in [0.29, 0.717) is 0 Å². The number of rotatable bonds is 5. The molecular formula is C14H23N3O. The second kappa shape index (κ2) is 6.61. The summed E-state index contributed by atoms with van der Waals surface area (Å²) in [4.78, 5) is 4.89. The predicted octanol–water partition coefficient (Wildman–Crippen LogP) is 1.35. The van der Waals surface area contributed by atoms with Crippen LogP contribution in [0.5, 0.6) is 5.75 Å². The van der Waals surface area contributed by atoms with Crippen molar-refractivity contribution in [2.45, 2.75) is 0 Å². The van der Waals surface area contributed by atoms with Gasteiger partial charge in [0.15, 0.2) is 0 Å². The summed E-state index contributed by atoms with van der Waals surface area (Å²) in [7, 11) is 3.88. The number of anilines is 1. The number of likely N-dealkylation sites (N-methyl/N-ethyl adjacent to an activating group) is 1. The maximum atomic E-state index is 5.21. The largest absolute Gasteiger partial charge is 0.497 e. The van der Waals surface area contributed by atoms with Gasteiger partial charge in [-0.05, 0) is 19.2 Å². The van der Waals surface area contributed by atoms with Crippen molar-refractivity contribution in [2.24, 2.45) is 0 Å². The molecule has 1 aliphatic heterocycles. The zero-order valence-corrected chi connectivity index (χ0v) is 11.4. The summed E-state index contributed by atoms with van der Waals surface area (Å²) in [5, 5.41) is 3.44. The van der Waals surface area contributed by atoms with Crippen LogP contribution in [0, 0.1) is 0 Å². The van der Waals surface area contributed by atoms with E-state index < -0.39 is 0 Å².